The second kappa shape index (κ2) is 8.17. The summed E-state index contributed by atoms with van der Waals surface area (Å²) in [5.74, 6) is 0.375. The van der Waals surface area contributed by atoms with Gasteiger partial charge in [-0.1, -0.05) is 61.0 Å². The first-order valence-electron chi connectivity index (χ1n) is 10.3. The lowest BCUT2D eigenvalue weighted by atomic mass is 9.84. The van der Waals surface area contributed by atoms with Crippen molar-refractivity contribution in [3.63, 3.8) is 0 Å². The molecule has 1 atom stereocenters. The Morgan fingerprint density at radius 2 is 1.71 bits per heavy atom. The van der Waals surface area contributed by atoms with E-state index in [1.54, 1.807) is 4.90 Å². The molecule has 0 N–H and O–H groups in total. The van der Waals surface area contributed by atoms with Gasteiger partial charge in [0.1, 0.15) is 0 Å². The lowest BCUT2D eigenvalue weighted by Gasteiger charge is -2.32. The van der Waals surface area contributed by atoms with E-state index in [1.165, 1.54) is 11.1 Å². The van der Waals surface area contributed by atoms with Crippen LogP contribution in [-0.2, 0) is 16.0 Å². The van der Waals surface area contributed by atoms with E-state index in [1.807, 2.05) is 42.3 Å². The first kappa shape index (κ1) is 18.7. The molecule has 1 aliphatic carbocycles. The molecule has 2 aromatic rings. The normalized spacial score (nSPS) is 20.6. The van der Waals surface area contributed by atoms with Crippen LogP contribution in [0, 0.1) is 11.8 Å². The van der Waals surface area contributed by atoms with E-state index in [2.05, 4.69) is 24.3 Å². The molecule has 0 bridgehead atoms. The molecule has 1 saturated carbocycles. The lowest BCUT2D eigenvalue weighted by Crippen LogP contribution is -2.42. The van der Waals surface area contributed by atoms with Gasteiger partial charge in [0.2, 0.25) is 11.8 Å². The summed E-state index contributed by atoms with van der Waals surface area (Å²) in [4.78, 5) is 29.6. The Morgan fingerprint density at radius 3 is 2.43 bits per heavy atom. The number of hydrogen-bond donors (Lipinski definition) is 0. The molecule has 146 valence electrons. The van der Waals surface area contributed by atoms with Crippen LogP contribution in [0.25, 0.3) is 11.1 Å². The average Bonchev–Trinajstić information content (AvgIpc) is 2.82. The maximum atomic E-state index is 13.0. The van der Waals surface area contributed by atoms with Crippen molar-refractivity contribution >= 4 is 11.8 Å². The van der Waals surface area contributed by atoms with E-state index >= 15 is 0 Å². The van der Waals surface area contributed by atoms with Crippen molar-refractivity contribution in [2.75, 3.05) is 26.7 Å². The van der Waals surface area contributed by atoms with Crippen LogP contribution in [0.3, 0.4) is 0 Å². The summed E-state index contributed by atoms with van der Waals surface area (Å²) in [5.41, 5.74) is 3.49. The molecule has 2 aliphatic rings. The van der Waals surface area contributed by atoms with Gasteiger partial charge in [0, 0.05) is 32.6 Å². The largest absolute Gasteiger partial charge is 0.344 e. The maximum Gasteiger partial charge on any atom is 0.227 e. The minimum absolute atomic E-state index is 0.145. The van der Waals surface area contributed by atoms with Gasteiger partial charge in [-0.3, -0.25) is 9.59 Å². The number of benzene rings is 2. The fourth-order valence-electron chi connectivity index (χ4n) is 4.26. The van der Waals surface area contributed by atoms with Gasteiger partial charge in [0.05, 0.1) is 5.92 Å². The predicted octanol–water partition coefficient (Wildman–Crippen LogP) is 3.61. The molecule has 2 amide bonds. The third-order valence-corrected chi connectivity index (χ3v) is 6.21. The molecule has 0 unspecified atom stereocenters. The summed E-state index contributed by atoms with van der Waals surface area (Å²) in [5, 5.41) is 0. The Bertz CT molecular complexity index is 845. The van der Waals surface area contributed by atoms with Crippen LogP contribution in [-0.4, -0.2) is 48.3 Å². The van der Waals surface area contributed by atoms with Crippen LogP contribution in [0.15, 0.2) is 54.6 Å². The minimum atomic E-state index is -0.193. The zero-order valence-electron chi connectivity index (χ0n) is 16.5. The average molecular weight is 377 g/mol. The molecule has 4 nitrogen and oxygen atoms in total. The Morgan fingerprint density at radius 1 is 1.00 bits per heavy atom. The minimum Gasteiger partial charge on any atom is -0.344 e. The summed E-state index contributed by atoms with van der Waals surface area (Å²) in [6.45, 7) is 1.80. The number of likely N-dealkylation sites (N-methyl/N-ethyl adjacent to an activating group) is 1. The number of carbonyl (C=O) groups is 2. The lowest BCUT2D eigenvalue weighted by molar-refractivity contribution is -0.138. The van der Waals surface area contributed by atoms with Gasteiger partial charge < -0.3 is 9.80 Å². The van der Waals surface area contributed by atoms with Crippen molar-refractivity contribution in [1.29, 1.82) is 0 Å². The van der Waals surface area contributed by atoms with Crippen molar-refractivity contribution < 1.29 is 9.59 Å². The monoisotopic (exact) mass is 376 g/mol. The Balaban J connectivity index is 1.58. The topological polar surface area (TPSA) is 40.6 Å². The van der Waals surface area contributed by atoms with E-state index in [4.69, 9.17) is 0 Å². The number of amides is 2. The molecular weight excluding hydrogens is 348 g/mol. The number of hydrogen-bond acceptors (Lipinski definition) is 2. The second-order valence-corrected chi connectivity index (χ2v) is 8.10. The van der Waals surface area contributed by atoms with Gasteiger partial charge in [-0.2, -0.15) is 0 Å². The van der Waals surface area contributed by atoms with E-state index < -0.39 is 0 Å². The van der Waals surface area contributed by atoms with Crippen LogP contribution < -0.4 is 0 Å². The third kappa shape index (κ3) is 3.82. The van der Waals surface area contributed by atoms with Crippen molar-refractivity contribution in [3.8, 4) is 11.1 Å². The quantitative estimate of drug-likeness (QED) is 0.818. The van der Waals surface area contributed by atoms with Gasteiger partial charge in [-0.05, 0) is 36.0 Å². The van der Waals surface area contributed by atoms with Gasteiger partial charge in [-0.25, -0.2) is 0 Å². The van der Waals surface area contributed by atoms with E-state index in [0.29, 0.717) is 26.1 Å². The molecule has 4 rings (SSSR count). The number of carbonyl (C=O) groups excluding carboxylic acids is 2. The molecule has 2 aromatic carbocycles. The molecule has 1 saturated heterocycles. The van der Waals surface area contributed by atoms with Gasteiger partial charge in [0.15, 0.2) is 0 Å². The Labute approximate surface area is 167 Å². The molecule has 4 heteroatoms. The molecular formula is C24H28N2O2. The number of nitrogens with zero attached hydrogens (tertiary/aromatic N) is 2. The van der Waals surface area contributed by atoms with E-state index in [9.17, 15) is 9.59 Å². The molecule has 0 radical (unpaired) electrons. The zero-order chi connectivity index (χ0) is 19.5. The van der Waals surface area contributed by atoms with Crippen molar-refractivity contribution in [2.24, 2.45) is 11.8 Å². The summed E-state index contributed by atoms with van der Waals surface area (Å²) < 4.78 is 0. The van der Waals surface area contributed by atoms with Crippen LogP contribution in [0.1, 0.15) is 24.8 Å². The van der Waals surface area contributed by atoms with Crippen LogP contribution in [0.5, 0.6) is 0 Å². The molecule has 2 fully saturated rings. The summed E-state index contributed by atoms with van der Waals surface area (Å²) in [6, 6.07) is 18.6. The summed E-state index contributed by atoms with van der Waals surface area (Å²) in [7, 11) is 1.86. The third-order valence-electron chi connectivity index (χ3n) is 6.21. The Kier molecular flexibility index (Phi) is 5.47. The van der Waals surface area contributed by atoms with Crippen molar-refractivity contribution in [3.05, 3.63) is 60.2 Å². The van der Waals surface area contributed by atoms with Crippen LogP contribution in [0.4, 0.5) is 0 Å². The zero-order valence-corrected chi connectivity index (χ0v) is 16.5. The van der Waals surface area contributed by atoms with Gasteiger partial charge in [-0.15, -0.1) is 0 Å². The first-order chi connectivity index (χ1) is 13.6. The Hall–Kier alpha value is -2.62. The molecule has 0 spiro atoms. The van der Waals surface area contributed by atoms with Crippen LogP contribution in [0.2, 0.25) is 0 Å². The summed E-state index contributed by atoms with van der Waals surface area (Å²) in [6.07, 6.45) is 3.81. The highest BCUT2D eigenvalue weighted by Crippen LogP contribution is 2.30. The van der Waals surface area contributed by atoms with Gasteiger partial charge in [0.25, 0.3) is 0 Å². The highest BCUT2D eigenvalue weighted by Gasteiger charge is 2.35. The first-order valence-corrected chi connectivity index (χ1v) is 10.3. The molecule has 1 aliphatic heterocycles. The van der Waals surface area contributed by atoms with E-state index in [-0.39, 0.29) is 23.7 Å². The molecule has 28 heavy (non-hydrogen) atoms. The standard InChI is InChI=1S/C24H28N2O2/c1-25-14-15-26(24(28)19-11-7-12-19)17-21(23(25)27)16-20-10-5-6-13-22(20)18-8-3-2-4-9-18/h2-6,8-10,13,19,21H,7,11-12,14-17H2,1H3/t21-/m0/s1. The smallest absolute Gasteiger partial charge is 0.227 e. The second-order valence-electron chi connectivity index (χ2n) is 8.10. The predicted molar refractivity (Wildman–Crippen MR) is 111 cm³/mol. The molecule has 1 heterocycles. The molecule has 0 aromatic heterocycles. The highest BCUT2D eigenvalue weighted by molar-refractivity contribution is 5.83. The number of rotatable bonds is 4. The SMILES string of the molecule is CN1CCN(C(=O)C2CCC2)C[C@H](Cc2ccccc2-c2ccccc2)C1=O. The van der Waals surface area contributed by atoms with Crippen LogP contribution >= 0.6 is 0 Å². The summed E-state index contributed by atoms with van der Waals surface area (Å²) >= 11 is 0. The van der Waals surface area contributed by atoms with Gasteiger partial charge >= 0.3 is 0 Å². The fourth-order valence-corrected chi connectivity index (χ4v) is 4.26. The van der Waals surface area contributed by atoms with Crippen molar-refractivity contribution in [1.82, 2.24) is 9.80 Å². The van der Waals surface area contributed by atoms with E-state index in [0.717, 1.165) is 24.8 Å². The maximum absolute atomic E-state index is 13.0. The van der Waals surface area contributed by atoms with Crippen molar-refractivity contribution in [2.45, 2.75) is 25.7 Å². The fraction of sp³-hybridized carbons (Fsp3) is 0.417. The highest BCUT2D eigenvalue weighted by atomic mass is 16.2.